The summed E-state index contributed by atoms with van der Waals surface area (Å²) in [6, 6.07) is 7.05. The number of aromatic amines is 1. The van der Waals surface area contributed by atoms with Gasteiger partial charge in [-0.1, -0.05) is 12.1 Å². The van der Waals surface area contributed by atoms with E-state index in [1.54, 1.807) is 19.2 Å². The van der Waals surface area contributed by atoms with Crippen molar-refractivity contribution in [3.8, 4) is 5.75 Å². The number of hydrogen-bond donors (Lipinski definition) is 3. The molecule has 0 radical (unpaired) electrons. The molecule has 2 aromatic heterocycles. The number of benzene rings is 1. The first-order chi connectivity index (χ1) is 13.9. The Hall–Kier alpha value is -3.33. The Morgan fingerprint density at radius 2 is 2.00 bits per heavy atom. The van der Waals surface area contributed by atoms with Crippen LogP contribution in [-0.2, 0) is 6.42 Å². The normalized spacial score (nSPS) is 11.9. The van der Waals surface area contributed by atoms with Gasteiger partial charge >= 0.3 is 5.56 Å². The molecule has 1 unspecified atom stereocenters. The zero-order chi connectivity index (χ0) is 21.0. The van der Waals surface area contributed by atoms with Gasteiger partial charge in [0.25, 0.3) is 0 Å². The quantitative estimate of drug-likeness (QED) is 0.561. The molecule has 152 valence electrons. The molecule has 1 aromatic carbocycles. The summed E-state index contributed by atoms with van der Waals surface area (Å²) in [6.45, 7) is 1.75. The zero-order valence-corrected chi connectivity index (χ0v) is 15.9. The van der Waals surface area contributed by atoms with Crippen molar-refractivity contribution in [2.75, 3.05) is 12.4 Å². The summed E-state index contributed by atoms with van der Waals surface area (Å²) >= 11 is 0. The first kappa shape index (κ1) is 20.4. The first-order valence-corrected chi connectivity index (χ1v) is 8.87. The standard InChI is InChI=1S/C20H20F2N4O3/c1-11-16(9-14(29-2)10-23-11)25-20-24-15(18(22)19(28)26-20)7-8-17(27)12-3-5-13(21)6-4-12/h3-6,9-10,17,27H,7-8H2,1-2H3,(H2,24,25,26,28). The lowest BCUT2D eigenvalue weighted by Crippen LogP contribution is -2.19. The molecule has 29 heavy (non-hydrogen) atoms. The smallest absolute Gasteiger partial charge is 0.310 e. The Kier molecular flexibility index (Phi) is 6.18. The van der Waals surface area contributed by atoms with Gasteiger partial charge in [0.05, 0.1) is 36.5 Å². The molecule has 0 spiro atoms. The maximum absolute atomic E-state index is 14.2. The van der Waals surface area contributed by atoms with E-state index in [2.05, 4.69) is 20.3 Å². The van der Waals surface area contributed by atoms with E-state index in [1.165, 1.54) is 31.4 Å². The van der Waals surface area contributed by atoms with Gasteiger partial charge in [0.1, 0.15) is 11.6 Å². The van der Waals surface area contributed by atoms with E-state index >= 15 is 0 Å². The van der Waals surface area contributed by atoms with E-state index in [0.29, 0.717) is 22.7 Å². The molecule has 3 N–H and O–H groups in total. The molecule has 3 rings (SSSR count). The minimum atomic E-state index is -1.02. The summed E-state index contributed by atoms with van der Waals surface area (Å²) in [7, 11) is 1.50. The van der Waals surface area contributed by atoms with Gasteiger partial charge in [-0.3, -0.25) is 9.78 Å². The fourth-order valence-corrected chi connectivity index (χ4v) is 2.75. The number of pyridine rings is 1. The molecule has 2 heterocycles. The number of nitrogens with zero attached hydrogens (tertiary/aromatic N) is 2. The van der Waals surface area contributed by atoms with Crippen LogP contribution in [-0.4, -0.2) is 27.2 Å². The predicted molar refractivity (Wildman–Crippen MR) is 103 cm³/mol. The molecule has 0 saturated carbocycles. The summed E-state index contributed by atoms with van der Waals surface area (Å²) in [5.74, 6) is -0.878. The van der Waals surface area contributed by atoms with Crippen LogP contribution in [0.5, 0.6) is 5.75 Å². The molecule has 0 amide bonds. The van der Waals surface area contributed by atoms with Gasteiger partial charge in [-0.2, -0.15) is 9.37 Å². The molecule has 3 aromatic rings. The van der Waals surface area contributed by atoms with Crippen LogP contribution in [0, 0.1) is 18.6 Å². The molecule has 7 nitrogen and oxygen atoms in total. The van der Waals surface area contributed by atoms with Gasteiger partial charge in [-0.25, -0.2) is 4.39 Å². The SMILES string of the molecule is COc1cnc(C)c(Nc2nc(=O)c(F)c(CCC(O)c3ccc(F)cc3)[nH]2)c1. The summed E-state index contributed by atoms with van der Waals surface area (Å²) in [5, 5.41) is 13.1. The number of nitrogens with one attached hydrogen (secondary N) is 2. The number of aliphatic hydroxyl groups excluding tert-OH is 1. The number of aryl methyl sites for hydroxylation is 2. The van der Waals surface area contributed by atoms with Gasteiger partial charge in [0.15, 0.2) is 0 Å². The highest BCUT2D eigenvalue weighted by molar-refractivity contribution is 5.58. The molecular formula is C20H20F2N4O3. The number of hydrogen-bond acceptors (Lipinski definition) is 6. The number of ether oxygens (including phenoxy) is 1. The summed E-state index contributed by atoms with van der Waals surface area (Å²) in [6.07, 6.45) is 0.783. The minimum Gasteiger partial charge on any atom is -0.495 e. The largest absolute Gasteiger partial charge is 0.495 e. The van der Waals surface area contributed by atoms with Crippen LogP contribution in [0.1, 0.15) is 29.5 Å². The van der Waals surface area contributed by atoms with E-state index in [9.17, 15) is 18.7 Å². The second kappa shape index (κ2) is 8.78. The highest BCUT2D eigenvalue weighted by Gasteiger charge is 2.15. The Morgan fingerprint density at radius 3 is 2.69 bits per heavy atom. The van der Waals surface area contributed by atoms with E-state index in [-0.39, 0.29) is 24.5 Å². The minimum absolute atomic E-state index is 0.00201. The van der Waals surface area contributed by atoms with Crippen LogP contribution in [0.15, 0.2) is 41.3 Å². The van der Waals surface area contributed by atoms with Crippen LogP contribution in [0.2, 0.25) is 0 Å². The van der Waals surface area contributed by atoms with Crippen LogP contribution in [0.4, 0.5) is 20.4 Å². The molecule has 0 aliphatic rings. The number of methoxy groups -OCH3 is 1. The molecule has 0 aliphatic carbocycles. The third kappa shape index (κ3) is 4.94. The third-order valence-electron chi connectivity index (χ3n) is 4.41. The topological polar surface area (TPSA) is 100 Å². The maximum atomic E-state index is 14.2. The van der Waals surface area contributed by atoms with E-state index in [1.807, 2.05) is 0 Å². The lowest BCUT2D eigenvalue weighted by atomic mass is 10.0. The summed E-state index contributed by atoms with van der Waals surface area (Å²) in [5.41, 5.74) is 0.648. The number of anilines is 2. The van der Waals surface area contributed by atoms with Crippen LogP contribution in [0.25, 0.3) is 0 Å². The van der Waals surface area contributed by atoms with Crippen molar-refractivity contribution in [1.29, 1.82) is 0 Å². The molecule has 0 fully saturated rings. The van der Waals surface area contributed by atoms with E-state index < -0.39 is 23.3 Å². The highest BCUT2D eigenvalue weighted by Crippen LogP contribution is 2.23. The molecule has 0 bridgehead atoms. The van der Waals surface area contributed by atoms with Crippen molar-refractivity contribution in [2.45, 2.75) is 25.9 Å². The molecule has 1 atom stereocenters. The average molecular weight is 402 g/mol. The van der Waals surface area contributed by atoms with Gasteiger partial charge in [-0.15, -0.1) is 0 Å². The highest BCUT2D eigenvalue weighted by atomic mass is 19.1. The number of aromatic nitrogens is 3. The maximum Gasteiger partial charge on any atom is 0.310 e. The number of aliphatic hydroxyl groups is 1. The van der Waals surface area contributed by atoms with Crippen LogP contribution in [0.3, 0.4) is 0 Å². The van der Waals surface area contributed by atoms with Gasteiger partial charge < -0.3 is 20.1 Å². The van der Waals surface area contributed by atoms with Gasteiger partial charge in [-0.05, 0) is 37.5 Å². The van der Waals surface area contributed by atoms with Crippen molar-refractivity contribution >= 4 is 11.6 Å². The molecule has 0 saturated heterocycles. The lowest BCUT2D eigenvalue weighted by Gasteiger charge is -2.13. The monoisotopic (exact) mass is 402 g/mol. The number of H-pyrrole nitrogens is 1. The number of rotatable bonds is 7. The fraction of sp³-hybridized carbons (Fsp3) is 0.250. The van der Waals surface area contributed by atoms with Crippen molar-refractivity contribution in [3.05, 3.63) is 75.5 Å². The van der Waals surface area contributed by atoms with Crippen molar-refractivity contribution in [2.24, 2.45) is 0 Å². The molecular weight excluding hydrogens is 382 g/mol. The lowest BCUT2D eigenvalue weighted by molar-refractivity contribution is 0.167. The van der Waals surface area contributed by atoms with Gasteiger partial charge in [0.2, 0.25) is 11.8 Å². The Morgan fingerprint density at radius 1 is 1.28 bits per heavy atom. The second-order valence-electron chi connectivity index (χ2n) is 6.42. The van der Waals surface area contributed by atoms with Crippen molar-refractivity contribution in [3.63, 3.8) is 0 Å². The summed E-state index contributed by atoms with van der Waals surface area (Å²) < 4.78 is 32.3. The molecule has 0 aliphatic heterocycles. The third-order valence-corrected chi connectivity index (χ3v) is 4.41. The zero-order valence-electron chi connectivity index (χ0n) is 15.9. The number of halogens is 2. The Labute approximate surface area is 165 Å². The Balaban J connectivity index is 1.79. The van der Waals surface area contributed by atoms with Crippen LogP contribution < -0.4 is 15.6 Å². The first-order valence-electron chi connectivity index (χ1n) is 8.87. The van der Waals surface area contributed by atoms with E-state index in [4.69, 9.17) is 4.74 Å². The second-order valence-corrected chi connectivity index (χ2v) is 6.42. The van der Waals surface area contributed by atoms with Crippen molar-refractivity contribution in [1.82, 2.24) is 15.0 Å². The average Bonchev–Trinajstić information content (AvgIpc) is 2.71. The molecule has 9 heteroatoms. The Bertz CT molecular complexity index is 1050. The predicted octanol–water partition coefficient (Wildman–Crippen LogP) is 3.17. The van der Waals surface area contributed by atoms with E-state index in [0.717, 1.165) is 0 Å². The fourth-order valence-electron chi connectivity index (χ4n) is 2.75. The van der Waals surface area contributed by atoms with Crippen LogP contribution >= 0.6 is 0 Å². The summed E-state index contributed by atoms with van der Waals surface area (Å²) in [4.78, 5) is 22.5. The van der Waals surface area contributed by atoms with Crippen molar-refractivity contribution < 1.29 is 18.6 Å². The van der Waals surface area contributed by atoms with Gasteiger partial charge in [0, 0.05) is 6.07 Å².